The quantitative estimate of drug-likeness (QED) is 0.478. The van der Waals surface area contributed by atoms with E-state index in [2.05, 4.69) is 0 Å². The number of esters is 1. The van der Waals surface area contributed by atoms with Crippen LogP contribution in [0, 0.1) is 5.92 Å². The van der Waals surface area contributed by atoms with Crippen molar-refractivity contribution in [3.05, 3.63) is 52.4 Å². The van der Waals surface area contributed by atoms with Gasteiger partial charge in [-0.25, -0.2) is 4.79 Å². The van der Waals surface area contributed by atoms with Crippen LogP contribution in [0.25, 0.3) is 11.0 Å². The molecule has 1 fully saturated rings. The summed E-state index contributed by atoms with van der Waals surface area (Å²) < 4.78 is 16.1. The van der Waals surface area contributed by atoms with E-state index < -0.39 is 0 Å². The molecule has 1 saturated heterocycles. The second-order valence-corrected chi connectivity index (χ2v) is 6.22. The highest BCUT2D eigenvalue weighted by molar-refractivity contribution is 5.77. The Morgan fingerprint density at radius 1 is 1.29 bits per heavy atom. The smallest absolute Gasteiger partial charge is 0.336 e. The summed E-state index contributed by atoms with van der Waals surface area (Å²) in [6, 6.07) is 8.51. The van der Waals surface area contributed by atoms with Gasteiger partial charge < -0.3 is 13.9 Å². The van der Waals surface area contributed by atoms with E-state index in [9.17, 15) is 9.59 Å². The third-order valence-electron chi connectivity index (χ3n) is 4.13. The average molecular weight is 328 g/mol. The van der Waals surface area contributed by atoms with Crippen LogP contribution in [0.2, 0.25) is 0 Å². The fraction of sp³-hybridized carbons (Fsp3) is 0.368. The molecule has 3 rings (SSSR count). The molecule has 0 radical (unpaired) electrons. The molecule has 1 aromatic heterocycles. The Hall–Kier alpha value is -2.56. The zero-order valence-electron chi connectivity index (χ0n) is 13.8. The van der Waals surface area contributed by atoms with E-state index in [-0.39, 0.29) is 23.6 Å². The van der Waals surface area contributed by atoms with Gasteiger partial charge in [0.2, 0.25) is 0 Å². The minimum absolute atomic E-state index is 0.00805. The molecule has 1 aliphatic heterocycles. The molecule has 1 aliphatic rings. The van der Waals surface area contributed by atoms with Gasteiger partial charge in [0.1, 0.15) is 24.0 Å². The largest absolute Gasteiger partial charge is 0.489 e. The van der Waals surface area contributed by atoms with Crippen molar-refractivity contribution in [3.8, 4) is 5.75 Å². The van der Waals surface area contributed by atoms with Crippen molar-refractivity contribution in [2.45, 2.75) is 32.8 Å². The standard InChI is InChI=1S/C19H20O5/c1-12(9-16-10-13(2)19(21)23-16)7-8-22-15-5-3-14-4-6-18(20)24-17(14)11-15/h3-7,11,13,16H,8-10H2,1-2H3/b12-7+/t13-,16-/m0/s1. The highest BCUT2D eigenvalue weighted by Crippen LogP contribution is 2.25. The molecule has 0 saturated carbocycles. The summed E-state index contributed by atoms with van der Waals surface area (Å²) in [5.41, 5.74) is 1.25. The number of carbonyl (C=O) groups is 1. The Morgan fingerprint density at radius 3 is 2.83 bits per heavy atom. The number of hydrogen-bond donors (Lipinski definition) is 0. The molecule has 2 heterocycles. The average Bonchev–Trinajstić information content (AvgIpc) is 2.84. The molecule has 0 spiro atoms. The molecule has 5 nitrogen and oxygen atoms in total. The van der Waals surface area contributed by atoms with Crippen LogP contribution in [0.5, 0.6) is 5.75 Å². The molecule has 2 aromatic rings. The van der Waals surface area contributed by atoms with Gasteiger partial charge in [0, 0.05) is 23.9 Å². The summed E-state index contributed by atoms with van der Waals surface area (Å²) in [6.07, 6.45) is 3.45. The first-order valence-corrected chi connectivity index (χ1v) is 8.04. The van der Waals surface area contributed by atoms with Gasteiger partial charge in [0.25, 0.3) is 0 Å². The lowest BCUT2D eigenvalue weighted by Crippen LogP contribution is -2.07. The fourth-order valence-electron chi connectivity index (χ4n) is 2.80. The lowest BCUT2D eigenvalue weighted by molar-refractivity contribution is -0.143. The first-order chi connectivity index (χ1) is 11.5. The van der Waals surface area contributed by atoms with Crippen molar-refractivity contribution in [1.29, 1.82) is 0 Å². The third-order valence-corrected chi connectivity index (χ3v) is 4.13. The summed E-state index contributed by atoms with van der Waals surface area (Å²) in [6.45, 7) is 4.30. The van der Waals surface area contributed by atoms with E-state index in [1.165, 1.54) is 6.07 Å². The van der Waals surface area contributed by atoms with E-state index in [0.29, 0.717) is 17.9 Å². The second kappa shape index (κ2) is 6.91. The van der Waals surface area contributed by atoms with E-state index >= 15 is 0 Å². The Kier molecular flexibility index (Phi) is 4.69. The first-order valence-electron chi connectivity index (χ1n) is 8.04. The van der Waals surface area contributed by atoms with Crippen molar-refractivity contribution in [2.24, 2.45) is 5.92 Å². The SMILES string of the molecule is C/C(=C\COc1ccc2ccc(=O)oc2c1)C[C@H]1C[C@H](C)C(=O)O1. The van der Waals surface area contributed by atoms with Crippen LogP contribution in [0.15, 0.2) is 51.2 Å². The number of cyclic esters (lactones) is 1. The molecule has 1 aromatic carbocycles. The lowest BCUT2D eigenvalue weighted by Gasteiger charge is -2.10. The number of ether oxygens (including phenoxy) is 2. The monoisotopic (exact) mass is 328 g/mol. The zero-order valence-corrected chi connectivity index (χ0v) is 13.8. The van der Waals surface area contributed by atoms with Gasteiger partial charge in [-0.05, 0) is 37.6 Å². The van der Waals surface area contributed by atoms with Crippen LogP contribution in [-0.2, 0) is 9.53 Å². The maximum absolute atomic E-state index is 11.4. The lowest BCUT2D eigenvalue weighted by atomic mass is 10.0. The number of fused-ring (bicyclic) bond motifs is 1. The normalized spacial score (nSPS) is 21.1. The van der Waals surface area contributed by atoms with Crippen LogP contribution < -0.4 is 10.4 Å². The fourth-order valence-corrected chi connectivity index (χ4v) is 2.80. The molecule has 0 unspecified atom stereocenters. The molecular weight excluding hydrogens is 308 g/mol. The third kappa shape index (κ3) is 3.85. The molecule has 0 aliphatic carbocycles. The van der Waals surface area contributed by atoms with E-state index in [1.54, 1.807) is 12.1 Å². The van der Waals surface area contributed by atoms with Gasteiger partial charge >= 0.3 is 11.6 Å². The second-order valence-electron chi connectivity index (χ2n) is 6.22. The maximum Gasteiger partial charge on any atom is 0.336 e. The summed E-state index contributed by atoms with van der Waals surface area (Å²) in [5.74, 6) is 0.523. The van der Waals surface area contributed by atoms with Crippen molar-refractivity contribution >= 4 is 16.9 Å². The van der Waals surface area contributed by atoms with Gasteiger partial charge in [-0.1, -0.05) is 12.5 Å². The van der Waals surface area contributed by atoms with E-state index in [4.69, 9.17) is 13.9 Å². The zero-order chi connectivity index (χ0) is 17.1. The molecular formula is C19H20O5. The van der Waals surface area contributed by atoms with Gasteiger partial charge in [0.05, 0.1) is 5.92 Å². The number of carbonyl (C=O) groups excluding carboxylic acids is 1. The minimum Gasteiger partial charge on any atom is -0.489 e. The van der Waals surface area contributed by atoms with Crippen LogP contribution in [0.3, 0.4) is 0 Å². The molecule has 0 amide bonds. The Balaban J connectivity index is 1.57. The number of benzene rings is 1. The molecule has 0 bridgehead atoms. The summed E-state index contributed by atoms with van der Waals surface area (Å²) >= 11 is 0. The Labute approximate surface area is 139 Å². The molecule has 2 atom stereocenters. The number of hydrogen-bond acceptors (Lipinski definition) is 5. The van der Waals surface area contributed by atoms with Crippen LogP contribution in [0.1, 0.15) is 26.7 Å². The maximum atomic E-state index is 11.4. The predicted octanol–water partition coefficient (Wildman–Crippen LogP) is 3.46. The van der Waals surface area contributed by atoms with Crippen LogP contribution in [0.4, 0.5) is 0 Å². The van der Waals surface area contributed by atoms with Gasteiger partial charge in [-0.2, -0.15) is 0 Å². The predicted molar refractivity (Wildman–Crippen MR) is 90.0 cm³/mol. The first kappa shape index (κ1) is 16.3. The van der Waals surface area contributed by atoms with Crippen molar-refractivity contribution < 1.29 is 18.7 Å². The van der Waals surface area contributed by atoms with Gasteiger partial charge in [-0.15, -0.1) is 0 Å². The molecule has 24 heavy (non-hydrogen) atoms. The molecule has 5 heteroatoms. The summed E-state index contributed by atoms with van der Waals surface area (Å²) in [4.78, 5) is 22.7. The summed E-state index contributed by atoms with van der Waals surface area (Å²) in [5, 5.41) is 0.853. The van der Waals surface area contributed by atoms with Gasteiger partial charge in [0.15, 0.2) is 0 Å². The Bertz CT molecular complexity index is 833. The number of rotatable bonds is 5. The summed E-state index contributed by atoms with van der Waals surface area (Å²) in [7, 11) is 0. The van der Waals surface area contributed by atoms with Crippen LogP contribution in [-0.4, -0.2) is 18.7 Å². The molecule has 0 N–H and O–H groups in total. The van der Waals surface area contributed by atoms with Crippen LogP contribution >= 0.6 is 0 Å². The Morgan fingerprint density at radius 2 is 2.08 bits per heavy atom. The van der Waals surface area contributed by atoms with Crippen molar-refractivity contribution in [3.63, 3.8) is 0 Å². The topological polar surface area (TPSA) is 65.7 Å². The highest BCUT2D eigenvalue weighted by atomic mass is 16.5. The van der Waals surface area contributed by atoms with E-state index in [1.807, 2.05) is 32.1 Å². The van der Waals surface area contributed by atoms with Crippen molar-refractivity contribution in [2.75, 3.05) is 6.61 Å². The van der Waals surface area contributed by atoms with Gasteiger partial charge in [-0.3, -0.25) is 4.79 Å². The molecule has 126 valence electrons. The van der Waals surface area contributed by atoms with Crippen molar-refractivity contribution in [1.82, 2.24) is 0 Å². The minimum atomic E-state index is -0.379. The van der Waals surface area contributed by atoms with E-state index in [0.717, 1.165) is 23.8 Å². The highest BCUT2D eigenvalue weighted by Gasteiger charge is 2.30.